The van der Waals surface area contributed by atoms with Gasteiger partial charge < -0.3 is 4.74 Å². The highest BCUT2D eigenvalue weighted by atomic mass is 35.5. The summed E-state index contributed by atoms with van der Waals surface area (Å²) in [5.41, 5.74) is 0. The predicted octanol–water partition coefficient (Wildman–Crippen LogP) is 0.430. The molecule has 86 valence electrons. The van der Waals surface area contributed by atoms with Crippen molar-refractivity contribution in [2.45, 2.75) is 6.42 Å². The van der Waals surface area contributed by atoms with E-state index in [2.05, 4.69) is 4.90 Å². The summed E-state index contributed by atoms with van der Waals surface area (Å²) in [5, 5.41) is 0. The quantitative estimate of drug-likeness (QED) is 0.676. The largest absolute Gasteiger partial charge is 0.379 e. The molecule has 0 spiro atoms. The maximum absolute atomic E-state index is 12.1. The van der Waals surface area contributed by atoms with Crippen molar-refractivity contribution in [3.8, 4) is 0 Å². The van der Waals surface area contributed by atoms with E-state index in [4.69, 9.17) is 4.74 Å². The third kappa shape index (κ3) is 6.53. The Hall–Kier alpha value is 0.0900. The van der Waals surface area contributed by atoms with E-state index in [1.165, 1.54) is 0 Å². The van der Waals surface area contributed by atoms with Crippen molar-refractivity contribution in [3.63, 3.8) is 0 Å². The van der Waals surface area contributed by atoms with Gasteiger partial charge in [0.05, 0.1) is 19.0 Å². The van der Waals surface area contributed by atoms with Crippen LogP contribution in [0.2, 0.25) is 0 Å². The van der Waals surface area contributed by atoms with Crippen LogP contribution in [0.3, 0.4) is 0 Å². The van der Waals surface area contributed by atoms with Gasteiger partial charge in [-0.3, -0.25) is 4.90 Å². The molecule has 0 aromatic carbocycles. The number of hydrogen-bond donors (Lipinski definition) is 0. The molecule has 0 aliphatic carbocycles. The molecule has 1 aliphatic heterocycles. The first kappa shape index (κ1) is 14.1. The Morgan fingerprint density at radius 2 is 1.86 bits per heavy atom. The van der Waals surface area contributed by atoms with Crippen LogP contribution in [0.5, 0.6) is 0 Å². The van der Waals surface area contributed by atoms with Crippen LogP contribution in [0.25, 0.3) is 0 Å². The van der Waals surface area contributed by atoms with Gasteiger partial charge in [-0.1, -0.05) is 0 Å². The number of hydrogen-bond acceptors (Lipinski definition) is 4. The smallest absolute Gasteiger partial charge is 0.302 e. The summed E-state index contributed by atoms with van der Waals surface area (Å²) < 4.78 is 37.5. The summed E-state index contributed by atoms with van der Waals surface area (Å²) >= 11 is 0. The Morgan fingerprint density at radius 1 is 1.29 bits per heavy atom. The van der Waals surface area contributed by atoms with Gasteiger partial charge in [-0.2, -0.15) is 8.42 Å². The molecule has 1 aliphatic rings. The average molecular weight is 248 g/mol. The van der Waals surface area contributed by atoms with E-state index in [-0.39, 0.29) is 18.2 Å². The number of morpholine rings is 1. The van der Waals surface area contributed by atoms with E-state index >= 15 is 0 Å². The monoisotopic (exact) mass is 247 g/mol. The lowest BCUT2D eigenvalue weighted by atomic mass is 10.4. The molecule has 1 rings (SSSR count). The van der Waals surface area contributed by atoms with Gasteiger partial charge >= 0.3 is 10.2 Å². The normalized spacial score (nSPS) is 18.9. The molecule has 4 nitrogen and oxygen atoms in total. The SMILES string of the molecule is Cl.O=S(=O)(F)CCCN1CCOCC1. The third-order valence-electron chi connectivity index (χ3n) is 1.97. The first-order valence-electron chi connectivity index (χ1n) is 4.30. The zero-order valence-corrected chi connectivity index (χ0v) is 9.45. The lowest BCUT2D eigenvalue weighted by Crippen LogP contribution is -2.37. The van der Waals surface area contributed by atoms with E-state index in [9.17, 15) is 12.3 Å². The minimum absolute atomic E-state index is 0. The molecule has 0 aromatic rings. The molecule has 7 heteroatoms. The molecule has 1 fully saturated rings. The van der Waals surface area contributed by atoms with Crippen LogP contribution >= 0.6 is 12.4 Å². The zero-order valence-electron chi connectivity index (χ0n) is 7.82. The molecule has 1 heterocycles. The second kappa shape index (κ2) is 6.55. The topological polar surface area (TPSA) is 46.6 Å². The summed E-state index contributed by atoms with van der Waals surface area (Å²) in [6.45, 7) is 3.62. The van der Waals surface area contributed by atoms with Crippen LogP contribution in [0, 0.1) is 0 Å². The maximum Gasteiger partial charge on any atom is 0.302 e. The minimum atomic E-state index is -4.28. The fourth-order valence-corrected chi connectivity index (χ4v) is 1.76. The fraction of sp³-hybridized carbons (Fsp3) is 1.00. The highest BCUT2D eigenvalue weighted by Gasteiger charge is 2.12. The van der Waals surface area contributed by atoms with Crippen molar-refractivity contribution in [1.29, 1.82) is 0 Å². The highest BCUT2D eigenvalue weighted by Crippen LogP contribution is 2.00. The Morgan fingerprint density at radius 3 is 2.36 bits per heavy atom. The van der Waals surface area contributed by atoms with Crippen LogP contribution in [-0.4, -0.2) is 51.9 Å². The Labute approximate surface area is 90.0 Å². The summed E-state index contributed by atoms with van der Waals surface area (Å²) in [5.74, 6) is -0.371. The van der Waals surface area contributed by atoms with Gasteiger partial charge in [-0.05, 0) is 13.0 Å². The molecular weight excluding hydrogens is 233 g/mol. The lowest BCUT2D eigenvalue weighted by Gasteiger charge is -2.26. The van der Waals surface area contributed by atoms with Crippen molar-refractivity contribution < 1.29 is 17.0 Å². The van der Waals surface area contributed by atoms with Crippen LogP contribution in [0.15, 0.2) is 0 Å². The van der Waals surface area contributed by atoms with Crippen molar-refractivity contribution in [2.24, 2.45) is 0 Å². The third-order valence-corrected chi connectivity index (χ3v) is 2.74. The molecule has 0 atom stereocenters. The maximum atomic E-state index is 12.1. The van der Waals surface area contributed by atoms with Gasteiger partial charge in [-0.25, -0.2) is 0 Å². The van der Waals surface area contributed by atoms with Gasteiger partial charge in [0.1, 0.15) is 0 Å². The van der Waals surface area contributed by atoms with Crippen molar-refractivity contribution in [1.82, 2.24) is 4.90 Å². The Kier molecular flexibility index (Phi) is 6.59. The molecule has 1 saturated heterocycles. The Bertz CT molecular complexity index is 241. The average Bonchev–Trinajstić information content (AvgIpc) is 2.04. The summed E-state index contributed by atoms with van der Waals surface area (Å²) in [7, 11) is -4.28. The van der Waals surface area contributed by atoms with Crippen LogP contribution in [-0.2, 0) is 15.0 Å². The number of nitrogens with zero attached hydrogens (tertiary/aromatic N) is 1. The van der Waals surface area contributed by atoms with Gasteiger partial charge in [0.2, 0.25) is 0 Å². The van der Waals surface area contributed by atoms with E-state index in [0.29, 0.717) is 26.2 Å². The molecule has 0 unspecified atom stereocenters. The number of halogens is 2. The van der Waals surface area contributed by atoms with Gasteiger partial charge in [0, 0.05) is 13.1 Å². The molecule has 0 aromatic heterocycles. The van der Waals surface area contributed by atoms with E-state index in [1.807, 2.05) is 0 Å². The van der Waals surface area contributed by atoms with Crippen LogP contribution in [0.4, 0.5) is 3.89 Å². The highest BCUT2D eigenvalue weighted by molar-refractivity contribution is 7.86. The summed E-state index contributed by atoms with van der Waals surface area (Å²) in [6, 6.07) is 0. The second-order valence-corrected chi connectivity index (χ2v) is 4.54. The zero-order chi connectivity index (χ0) is 9.73. The molecule has 14 heavy (non-hydrogen) atoms. The van der Waals surface area contributed by atoms with Gasteiger partial charge in [-0.15, -0.1) is 16.3 Å². The van der Waals surface area contributed by atoms with Crippen molar-refractivity contribution in [2.75, 3.05) is 38.6 Å². The van der Waals surface area contributed by atoms with E-state index in [1.54, 1.807) is 0 Å². The van der Waals surface area contributed by atoms with Crippen LogP contribution < -0.4 is 0 Å². The molecule has 0 radical (unpaired) electrons. The lowest BCUT2D eigenvalue weighted by molar-refractivity contribution is 0.0380. The molecule has 0 bridgehead atoms. The second-order valence-electron chi connectivity index (χ2n) is 3.05. The van der Waals surface area contributed by atoms with E-state index in [0.717, 1.165) is 13.1 Å². The fourth-order valence-electron chi connectivity index (χ4n) is 1.29. The summed E-state index contributed by atoms with van der Waals surface area (Å²) in [6.07, 6.45) is 0.360. The van der Waals surface area contributed by atoms with Crippen molar-refractivity contribution >= 4 is 22.6 Å². The molecule has 0 saturated carbocycles. The molecule has 0 N–H and O–H groups in total. The first-order chi connectivity index (χ1) is 6.08. The van der Waals surface area contributed by atoms with Gasteiger partial charge in [0.25, 0.3) is 0 Å². The van der Waals surface area contributed by atoms with E-state index < -0.39 is 10.2 Å². The standard InChI is InChI=1S/C7H14FNO3S.ClH/c8-13(10,11)7-1-2-9-3-5-12-6-4-9;/h1-7H2;1H. The Balaban J connectivity index is 0.00000169. The first-order valence-corrected chi connectivity index (χ1v) is 5.85. The van der Waals surface area contributed by atoms with Crippen molar-refractivity contribution in [3.05, 3.63) is 0 Å². The minimum Gasteiger partial charge on any atom is -0.379 e. The number of ether oxygens (including phenoxy) is 1. The molecule has 0 amide bonds. The number of rotatable bonds is 4. The molecular formula is C7H15ClFNO3S. The summed E-state index contributed by atoms with van der Waals surface area (Å²) in [4.78, 5) is 2.08. The predicted molar refractivity (Wildman–Crippen MR) is 54.0 cm³/mol. The van der Waals surface area contributed by atoms with Crippen LogP contribution in [0.1, 0.15) is 6.42 Å². The van der Waals surface area contributed by atoms with Gasteiger partial charge in [0.15, 0.2) is 0 Å².